The Balaban J connectivity index is 3.08. The molecular formula is C5H5FN2OS. The van der Waals surface area contributed by atoms with Crippen molar-refractivity contribution in [3.63, 3.8) is 0 Å². The molecule has 5 heteroatoms. The van der Waals surface area contributed by atoms with Gasteiger partial charge in [0.05, 0.1) is 5.69 Å². The summed E-state index contributed by atoms with van der Waals surface area (Å²) in [6, 6.07) is 0. The summed E-state index contributed by atoms with van der Waals surface area (Å²) in [5.41, 5.74) is 0.813. The Morgan fingerprint density at radius 3 is 2.90 bits per heavy atom. The molecule has 0 aliphatic heterocycles. The monoisotopic (exact) mass is 160 g/mol. The van der Waals surface area contributed by atoms with Crippen LogP contribution in [0.1, 0.15) is 16.2 Å². The highest BCUT2D eigenvalue weighted by Crippen LogP contribution is 2.12. The van der Waals surface area contributed by atoms with Crippen LogP contribution in [0.25, 0.3) is 0 Å². The molecule has 3 nitrogen and oxygen atoms in total. The Labute approximate surface area is 61.7 Å². The molecule has 0 amide bonds. The molecule has 1 rings (SSSR count). The van der Waals surface area contributed by atoms with E-state index in [4.69, 9.17) is 0 Å². The van der Waals surface area contributed by atoms with Crippen LogP contribution in [0.2, 0.25) is 0 Å². The largest absolute Gasteiger partial charge is 0.296 e. The number of rotatable bonds is 2. The van der Waals surface area contributed by atoms with E-state index < -0.39 is 0 Å². The van der Waals surface area contributed by atoms with Gasteiger partial charge in [0, 0.05) is 0 Å². The first kappa shape index (κ1) is 7.27. The third-order valence-electron chi connectivity index (χ3n) is 1.19. The molecule has 0 spiro atoms. The molecule has 0 bridgehead atoms. The molecule has 0 N–H and O–H groups in total. The van der Waals surface area contributed by atoms with E-state index in [1.807, 2.05) is 0 Å². The first-order valence-electron chi connectivity index (χ1n) is 2.57. The summed E-state index contributed by atoms with van der Waals surface area (Å²) in [5, 5.41) is 0. The molecule has 0 saturated heterocycles. The van der Waals surface area contributed by atoms with Gasteiger partial charge in [-0.3, -0.25) is 4.79 Å². The summed E-state index contributed by atoms with van der Waals surface area (Å²) in [7, 11) is 0. The summed E-state index contributed by atoms with van der Waals surface area (Å²) in [4.78, 5) is 13.8. The van der Waals surface area contributed by atoms with Crippen molar-refractivity contribution in [2.24, 2.45) is 0 Å². The van der Waals surface area contributed by atoms with E-state index in [0.29, 0.717) is 12.0 Å². The number of imidazole rings is 1. The number of nitrogens with zero attached hydrogens (tertiary/aromatic N) is 2. The Morgan fingerprint density at radius 2 is 2.60 bits per heavy atom. The van der Waals surface area contributed by atoms with E-state index in [2.05, 4.69) is 4.98 Å². The zero-order valence-corrected chi connectivity index (χ0v) is 6.06. The zero-order chi connectivity index (χ0) is 7.56. The Kier molecular flexibility index (Phi) is 2.06. The molecule has 0 saturated carbocycles. The quantitative estimate of drug-likeness (QED) is 0.613. The molecule has 0 fully saturated rings. The van der Waals surface area contributed by atoms with Crippen LogP contribution in [-0.4, -0.2) is 15.2 Å². The van der Waals surface area contributed by atoms with E-state index >= 15 is 0 Å². The second kappa shape index (κ2) is 2.83. The van der Waals surface area contributed by atoms with Gasteiger partial charge in [0.1, 0.15) is 12.0 Å². The standard InChI is InChI=1S/C5H5FN2OS/c1-4-5(2-9)7-3-8(4)10-6/h2-3H,1H3. The molecule has 0 unspecified atom stereocenters. The normalized spacial score (nSPS) is 9.80. The van der Waals surface area contributed by atoms with Crippen LogP contribution in [0.4, 0.5) is 3.89 Å². The highest BCUT2D eigenvalue weighted by atomic mass is 32.2. The number of carbonyl (C=O) groups is 1. The van der Waals surface area contributed by atoms with E-state index in [1.54, 1.807) is 6.92 Å². The Hall–Kier alpha value is -0.840. The van der Waals surface area contributed by atoms with Crippen molar-refractivity contribution < 1.29 is 8.68 Å². The minimum atomic E-state index is 0.0269. The van der Waals surface area contributed by atoms with E-state index in [1.165, 1.54) is 10.3 Å². The number of hydrogen-bond acceptors (Lipinski definition) is 3. The molecule has 1 aromatic heterocycles. The van der Waals surface area contributed by atoms with Crippen LogP contribution < -0.4 is 0 Å². The molecule has 54 valence electrons. The molecule has 0 radical (unpaired) electrons. The fourth-order valence-electron chi connectivity index (χ4n) is 0.593. The molecule has 1 aromatic rings. The van der Waals surface area contributed by atoms with Crippen molar-refractivity contribution in [1.29, 1.82) is 0 Å². The molecule has 10 heavy (non-hydrogen) atoms. The van der Waals surface area contributed by atoms with Gasteiger partial charge >= 0.3 is 0 Å². The van der Waals surface area contributed by atoms with Crippen molar-refractivity contribution in [2.45, 2.75) is 6.92 Å². The summed E-state index contributed by atoms with van der Waals surface area (Å²) in [6.45, 7) is 1.63. The highest BCUT2D eigenvalue weighted by Gasteiger charge is 2.04. The average molecular weight is 160 g/mol. The van der Waals surface area contributed by atoms with Crippen LogP contribution in [-0.2, 0) is 0 Å². The maximum Gasteiger partial charge on any atom is 0.170 e. The summed E-state index contributed by atoms with van der Waals surface area (Å²) < 4.78 is 13.0. The van der Waals surface area contributed by atoms with Crippen molar-refractivity contribution in [3.8, 4) is 0 Å². The lowest BCUT2D eigenvalue weighted by Gasteiger charge is -1.91. The fourth-order valence-corrected chi connectivity index (χ4v) is 0.873. The van der Waals surface area contributed by atoms with Gasteiger partial charge in [-0.1, -0.05) is 0 Å². The van der Waals surface area contributed by atoms with Crippen molar-refractivity contribution in [2.75, 3.05) is 0 Å². The third-order valence-corrected chi connectivity index (χ3v) is 1.71. The number of aldehydes is 1. The number of hydrogen-bond donors (Lipinski definition) is 0. The van der Waals surface area contributed by atoms with E-state index in [-0.39, 0.29) is 18.0 Å². The average Bonchev–Trinajstić information content (AvgIpc) is 2.30. The summed E-state index contributed by atoms with van der Waals surface area (Å²) in [5.74, 6) is 0. The van der Waals surface area contributed by atoms with Crippen LogP contribution in [0.15, 0.2) is 6.33 Å². The van der Waals surface area contributed by atoms with Gasteiger partial charge in [0.2, 0.25) is 0 Å². The van der Waals surface area contributed by atoms with Crippen LogP contribution in [0.3, 0.4) is 0 Å². The van der Waals surface area contributed by atoms with Gasteiger partial charge in [0.25, 0.3) is 0 Å². The van der Waals surface area contributed by atoms with Gasteiger partial charge < -0.3 is 0 Å². The molecule has 0 atom stereocenters. The van der Waals surface area contributed by atoms with Gasteiger partial charge in [-0.2, -0.15) is 0 Å². The minimum absolute atomic E-state index is 0.0269. The lowest BCUT2D eigenvalue weighted by molar-refractivity contribution is 0.111. The SMILES string of the molecule is Cc1c(C=O)ncn1SF. The lowest BCUT2D eigenvalue weighted by atomic mass is 10.4. The number of aromatic nitrogens is 2. The van der Waals surface area contributed by atoms with Crippen LogP contribution >= 0.6 is 12.3 Å². The van der Waals surface area contributed by atoms with E-state index in [9.17, 15) is 8.68 Å². The second-order valence-corrected chi connectivity index (χ2v) is 2.26. The summed E-state index contributed by atoms with van der Waals surface area (Å²) >= 11 is 0.0269. The highest BCUT2D eigenvalue weighted by molar-refractivity contribution is 7.92. The first-order chi connectivity index (χ1) is 4.79. The molecule has 0 aromatic carbocycles. The summed E-state index contributed by atoms with van der Waals surface area (Å²) in [6.07, 6.45) is 1.87. The van der Waals surface area contributed by atoms with E-state index in [0.717, 1.165) is 0 Å². The maximum absolute atomic E-state index is 11.9. The Bertz CT molecular complexity index is 248. The number of halogens is 1. The van der Waals surface area contributed by atoms with Crippen LogP contribution in [0, 0.1) is 6.92 Å². The maximum atomic E-state index is 11.9. The smallest absolute Gasteiger partial charge is 0.170 e. The molecular weight excluding hydrogens is 155 g/mol. The Morgan fingerprint density at radius 1 is 1.90 bits per heavy atom. The third kappa shape index (κ3) is 1.04. The minimum Gasteiger partial charge on any atom is -0.296 e. The van der Waals surface area contributed by atoms with Crippen molar-refractivity contribution in [1.82, 2.24) is 8.96 Å². The van der Waals surface area contributed by atoms with Crippen molar-refractivity contribution in [3.05, 3.63) is 17.7 Å². The second-order valence-electron chi connectivity index (χ2n) is 1.73. The van der Waals surface area contributed by atoms with Gasteiger partial charge in [-0.05, 0) is 6.92 Å². The fraction of sp³-hybridized carbons (Fsp3) is 0.200. The van der Waals surface area contributed by atoms with Gasteiger partial charge in [-0.15, -0.1) is 3.89 Å². The van der Waals surface area contributed by atoms with Gasteiger partial charge in [0.15, 0.2) is 18.6 Å². The molecule has 0 aliphatic carbocycles. The number of carbonyl (C=O) groups excluding carboxylic acids is 1. The predicted molar refractivity (Wildman–Crippen MR) is 36.4 cm³/mol. The first-order valence-corrected chi connectivity index (χ1v) is 3.25. The molecule has 1 heterocycles. The molecule has 0 aliphatic rings. The van der Waals surface area contributed by atoms with Crippen LogP contribution in [0.5, 0.6) is 0 Å². The van der Waals surface area contributed by atoms with Crippen molar-refractivity contribution >= 4 is 18.6 Å². The topological polar surface area (TPSA) is 34.9 Å². The zero-order valence-electron chi connectivity index (χ0n) is 5.24. The lowest BCUT2D eigenvalue weighted by Crippen LogP contribution is -1.87. The predicted octanol–water partition coefficient (Wildman–Crippen LogP) is 1.38. The van der Waals surface area contributed by atoms with Gasteiger partial charge in [-0.25, -0.2) is 8.96 Å².